The topological polar surface area (TPSA) is 58.1 Å². The van der Waals surface area contributed by atoms with E-state index in [1.807, 2.05) is 0 Å². The van der Waals surface area contributed by atoms with Crippen LogP contribution in [0.15, 0.2) is 0 Å². The van der Waals surface area contributed by atoms with Gasteiger partial charge in [0.05, 0.1) is 5.69 Å². The second-order valence-corrected chi connectivity index (χ2v) is 7.94. The van der Waals surface area contributed by atoms with Crippen molar-refractivity contribution in [1.29, 1.82) is 0 Å². The van der Waals surface area contributed by atoms with Gasteiger partial charge in [0, 0.05) is 24.0 Å². The zero-order valence-corrected chi connectivity index (χ0v) is 13.9. The molecule has 116 valence electrons. The molecular weight excluding hydrogens is 284 g/mol. The van der Waals surface area contributed by atoms with Gasteiger partial charge in [0.15, 0.2) is 0 Å². The summed E-state index contributed by atoms with van der Waals surface area (Å²) in [6, 6.07) is 0.878. The number of hydrogen-bond acceptors (Lipinski definition) is 5. The summed E-state index contributed by atoms with van der Waals surface area (Å²) in [4.78, 5) is 15.8. The van der Waals surface area contributed by atoms with E-state index < -0.39 is 0 Å². The van der Waals surface area contributed by atoms with Crippen LogP contribution in [-0.4, -0.2) is 45.6 Å². The van der Waals surface area contributed by atoms with E-state index in [9.17, 15) is 4.79 Å². The second kappa shape index (κ2) is 5.65. The molecular formula is C15H24N4OS. The minimum absolute atomic E-state index is 0.131. The van der Waals surface area contributed by atoms with E-state index in [0.717, 1.165) is 36.5 Å². The smallest absolute Gasteiger partial charge is 0.267 e. The van der Waals surface area contributed by atoms with Crippen molar-refractivity contribution in [3.8, 4) is 0 Å². The van der Waals surface area contributed by atoms with Gasteiger partial charge in [-0.15, -0.1) is 5.10 Å². The Hall–Kier alpha value is -1.01. The van der Waals surface area contributed by atoms with Crippen LogP contribution in [0.4, 0.5) is 0 Å². The first-order valence-corrected chi connectivity index (χ1v) is 8.61. The summed E-state index contributed by atoms with van der Waals surface area (Å²) >= 11 is 1.24. The predicted octanol–water partition coefficient (Wildman–Crippen LogP) is 2.19. The van der Waals surface area contributed by atoms with Crippen molar-refractivity contribution >= 4 is 17.4 Å². The van der Waals surface area contributed by atoms with E-state index in [0.29, 0.717) is 12.1 Å². The highest BCUT2D eigenvalue weighted by atomic mass is 32.1. The highest BCUT2D eigenvalue weighted by Gasteiger charge is 2.38. The lowest BCUT2D eigenvalue weighted by molar-refractivity contribution is 0.0731. The van der Waals surface area contributed by atoms with Crippen LogP contribution in [0.1, 0.15) is 61.8 Å². The molecule has 1 saturated carbocycles. The van der Waals surface area contributed by atoms with Crippen LogP contribution in [0.5, 0.6) is 0 Å². The molecule has 21 heavy (non-hydrogen) atoms. The zero-order chi connectivity index (χ0) is 15.0. The summed E-state index contributed by atoms with van der Waals surface area (Å²) in [7, 11) is 0. The molecule has 1 aromatic heterocycles. The van der Waals surface area contributed by atoms with Crippen molar-refractivity contribution in [2.75, 3.05) is 13.1 Å². The van der Waals surface area contributed by atoms with E-state index in [4.69, 9.17) is 0 Å². The third-order valence-corrected chi connectivity index (χ3v) is 4.93. The molecule has 5 nitrogen and oxygen atoms in total. The number of hydrogen-bond donors (Lipinski definition) is 1. The molecule has 0 spiro atoms. The van der Waals surface area contributed by atoms with E-state index in [1.165, 1.54) is 24.4 Å². The lowest BCUT2D eigenvalue weighted by Gasteiger charge is -2.26. The Labute approximate surface area is 130 Å². The molecule has 1 aromatic rings. The molecule has 2 fully saturated rings. The second-order valence-electron chi connectivity index (χ2n) is 7.18. The van der Waals surface area contributed by atoms with Crippen LogP contribution in [0.3, 0.4) is 0 Å². The highest BCUT2D eigenvalue weighted by Crippen LogP contribution is 2.32. The van der Waals surface area contributed by atoms with Gasteiger partial charge in [-0.3, -0.25) is 4.79 Å². The van der Waals surface area contributed by atoms with Crippen LogP contribution in [-0.2, 0) is 5.41 Å². The SMILES string of the molecule is CC(C)(C)c1nnsc1C(=O)N(CC1CCCN1)C1CC1. The lowest BCUT2D eigenvalue weighted by atomic mass is 9.91. The maximum absolute atomic E-state index is 13.0. The van der Waals surface area contributed by atoms with Gasteiger partial charge in [-0.1, -0.05) is 25.3 Å². The molecule has 6 heteroatoms. The fourth-order valence-corrected chi connectivity index (χ4v) is 3.72. The Kier molecular flexibility index (Phi) is 4.01. The average molecular weight is 308 g/mol. The first-order valence-electron chi connectivity index (χ1n) is 7.84. The molecule has 1 N–H and O–H groups in total. The highest BCUT2D eigenvalue weighted by molar-refractivity contribution is 7.08. The minimum Gasteiger partial charge on any atom is -0.333 e. The van der Waals surface area contributed by atoms with Gasteiger partial charge in [0.25, 0.3) is 5.91 Å². The fourth-order valence-electron chi connectivity index (χ4n) is 2.89. The number of aromatic nitrogens is 2. The molecule has 1 unspecified atom stereocenters. The molecule has 0 aromatic carbocycles. The molecule has 1 aliphatic heterocycles. The van der Waals surface area contributed by atoms with Gasteiger partial charge in [-0.05, 0) is 43.8 Å². The van der Waals surface area contributed by atoms with Crippen molar-refractivity contribution in [3.63, 3.8) is 0 Å². The number of rotatable bonds is 4. The maximum Gasteiger partial charge on any atom is 0.267 e. The number of carbonyl (C=O) groups is 1. The summed E-state index contributed by atoms with van der Waals surface area (Å²) in [5.41, 5.74) is 0.696. The van der Waals surface area contributed by atoms with Crippen molar-refractivity contribution < 1.29 is 4.79 Å². The van der Waals surface area contributed by atoms with Crippen LogP contribution in [0.2, 0.25) is 0 Å². The van der Waals surface area contributed by atoms with Gasteiger partial charge < -0.3 is 10.2 Å². The van der Waals surface area contributed by atoms with E-state index in [2.05, 4.69) is 40.6 Å². The molecule has 0 radical (unpaired) electrons. The molecule has 1 atom stereocenters. The zero-order valence-electron chi connectivity index (χ0n) is 13.1. The number of carbonyl (C=O) groups excluding carboxylic acids is 1. The Morgan fingerprint density at radius 1 is 1.38 bits per heavy atom. The molecule has 1 saturated heterocycles. The van der Waals surface area contributed by atoms with Crippen molar-refractivity contribution in [2.24, 2.45) is 0 Å². The molecule has 3 rings (SSSR count). The quantitative estimate of drug-likeness (QED) is 0.926. The van der Waals surface area contributed by atoms with Crippen LogP contribution >= 0.6 is 11.5 Å². The number of nitrogens with one attached hydrogen (secondary N) is 1. The van der Waals surface area contributed by atoms with Gasteiger partial charge in [-0.2, -0.15) is 0 Å². The van der Waals surface area contributed by atoms with Crippen LogP contribution in [0.25, 0.3) is 0 Å². The average Bonchev–Trinajstić information content (AvgIpc) is 2.94. The Morgan fingerprint density at radius 3 is 2.71 bits per heavy atom. The monoisotopic (exact) mass is 308 g/mol. The van der Waals surface area contributed by atoms with E-state index in [-0.39, 0.29) is 11.3 Å². The third kappa shape index (κ3) is 3.26. The first-order chi connectivity index (χ1) is 9.97. The summed E-state index contributed by atoms with van der Waals surface area (Å²) in [5, 5.41) is 7.70. The first kappa shape index (κ1) is 14.9. The van der Waals surface area contributed by atoms with E-state index >= 15 is 0 Å². The summed E-state index contributed by atoms with van der Waals surface area (Å²) in [5.74, 6) is 0.131. The Balaban J connectivity index is 1.79. The lowest BCUT2D eigenvalue weighted by Crippen LogP contribution is -2.42. The Bertz CT molecular complexity index is 512. The maximum atomic E-state index is 13.0. The van der Waals surface area contributed by atoms with Crippen molar-refractivity contribution in [2.45, 2.75) is 64.0 Å². The van der Waals surface area contributed by atoms with Crippen molar-refractivity contribution in [1.82, 2.24) is 19.8 Å². The summed E-state index contributed by atoms with van der Waals surface area (Å²) in [6.07, 6.45) is 4.65. The summed E-state index contributed by atoms with van der Waals surface area (Å²) in [6.45, 7) is 8.15. The largest absolute Gasteiger partial charge is 0.333 e. The fraction of sp³-hybridized carbons (Fsp3) is 0.800. The molecule has 0 bridgehead atoms. The molecule has 1 aliphatic carbocycles. The Morgan fingerprint density at radius 2 is 2.14 bits per heavy atom. The van der Waals surface area contributed by atoms with Gasteiger partial charge in [-0.25, -0.2) is 0 Å². The summed E-state index contributed by atoms with van der Waals surface area (Å²) < 4.78 is 4.03. The minimum atomic E-state index is -0.140. The normalized spacial score (nSPS) is 22.5. The molecule has 1 amide bonds. The molecule has 2 heterocycles. The van der Waals surface area contributed by atoms with Gasteiger partial charge in [0.1, 0.15) is 4.88 Å². The number of amides is 1. The standard InChI is InChI=1S/C15H24N4OS/c1-15(2,3)13-12(21-18-17-13)14(20)19(11-6-7-11)9-10-5-4-8-16-10/h10-11,16H,4-9H2,1-3H3. The third-order valence-electron chi connectivity index (χ3n) is 4.22. The van der Waals surface area contributed by atoms with Gasteiger partial charge in [0.2, 0.25) is 0 Å². The van der Waals surface area contributed by atoms with Crippen LogP contribution < -0.4 is 5.32 Å². The number of nitrogens with zero attached hydrogens (tertiary/aromatic N) is 3. The van der Waals surface area contributed by atoms with Crippen molar-refractivity contribution in [3.05, 3.63) is 10.6 Å². The van der Waals surface area contributed by atoms with E-state index in [1.54, 1.807) is 0 Å². The molecule has 2 aliphatic rings. The van der Waals surface area contributed by atoms with Crippen LogP contribution in [0, 0.1) is 0 Å². The van der Waals surface area contributed by atoms with Gasteiger partial charge >= 0.3 is 0 Å². The predicted molar refractivity (Wildman–Crippen MR) is 83.7 cm³/mol.